The first-order valence-corrected chi connectivity index (χ1v) is 11.4. The Morgan fingerprint density at radius 1 is 1.27 bits per heavy atom. The van der Waals surface area contributed by atoms with E-state index < -0.39 is 11.7 Å². The Morgan fingerprint density at radius 2 is 2.10 bits per heavy atom. The summed E-state index contributed by atoms with van der Waals surface area (Å²) < 4.78 is 6.06. The molecule has 158 valence electrons. The van der Waals surface area contributed by atoms with E-state index in [1.54, 1.807) is 0 Å². The van der Waals surface area contributed by atoms with E-state index in [4.69, 9.17) is 4.74 Å². The van der Waals surface area contributed by atoms with Gasteiger partial charge in [0.15, 0.2) is 0 Å². The molecule has 0 bridgehead atoms. The summed E-state index contributed by atoms with van der Waals surface area (Å²) >= 11 is 1.24. The monoisotopic (exact) mass is 426 g/mol. The normalized spacial score (nSPS) is 29.2. The van der Waals surface area contributed by atoms with Crippen molar-refractivity contribution in [1.29, 1.82) is 0 Å². The molecule has 0 unspecified atom stereocenters. The molecule has 2 aromatic rings. The average molecular weight is 427 g/mol. The lowest BCUT2D eigenvalue weighted by molar-refractivity contribution is 0.0178. The molecule has 0 radical (unpaired) electrons. The number of para-hydroxylation sites is 1. The van der Waals surface area contributed by atoms with Crippen molar-refractivity contribution in [2.45, 2.75) is 36.4 Å². The van der Waals surface area contributed by atoms with E-state index in [9.17, 15) is 15.0 Å². The molecule has 3 aliphatic rings. The van der Waals surface area contributed by atoms with E-state index in [-0.39, 0.29) is 17.3 Å². The van der Waals surface area contributed by atoms with Crippen LogP contribution in [0.4, 0.5) is 10.5 Å². The van der Waals surface area contributed by atoms with E-state index in [2.05, 4.69) is 10.2 Å². The van der Waals surface area contributed by atoms with Crippen LogP contribution in [0.25, 0.3) is 0 Å². The highest BCUT2D eigenvalue weighted by Gasteiger charge is 2.52. The zero-order valence-corrected chi connectivity index (χ0v) is 17.5. The van der Waals surface area contributed by atoms with Gasteiger partial charge in [-0.25, -0.2) is 0 Å². The van der Waals surface area contributed by atoms with Gasteiger partial charge in [-0.1, -0.05) is 42.1 Å². The first-order chi connectivity index (χ1) is 14.5. The number of nitrogens with one attached hydrogen (secondary N) is 1. The van der Waals surface area contributed by atoms with E-state index in [0.29, 0.717) is 25.3 Å². The van der Waals surface area contributed by atoms with E-state index in [0.717, 1.165) is 35.5 Å². The van der Waals surface area contributed by atoms with Gasteiger partial charge in [-0.15, -0.1) is 0 Å². The Bertz CT molecular complexity index is 940. The van der Waals surface area contributed by atoms with Gasteiger partial charge in [0, 0.05) is 43.4 Å². The highest BCUT2D eigenvalue weighted by molar-refractivity contribution is 8.13. The zero-order chi connectivity index (χ0) is 20.7. The van der Waals surface area contributed by atoms with Crippen molar-refractivity contribution in [2.24, 2.45) is 5.92 Å². The summed E-state index contributed by atoms with van der Waals surface area (Å²) in [6.45, 7) is 1.81. The fraction of sp³-hybridized carbons (Fsp3) is 0.435. The first-order valence-electron chi connectivity index (χ1n) is 10.4. The predicted octanol–water partition coefficient (Wildman–Crippen LogP) is 3.40. The van der Waals surface area contributed by atoms with Gasteiger partial charge >= 0.3 is 0 Å². The number of β-amino-alcohol motifs (C(OH)–C–C–N with tert-alkyl or cyclic N) is 2. The second-order valence-corrected chi connectivity index (χ2v) is 9.57. The summed E-state index contributed by atoms with van der Waals surface area (Å²) in [7, 11) is 0. The van der Waals surface area contributed by atoms with Crippen LogP contribution in [0.15, 0.2) is 48.5 Å². The van der Waals surface area contributed by atoms with Crippen molar-refractivity contribution in [3.8, 4) is 5.75 Å². The van der Waals surface area contributed by atoms with Gasteiger partial charge in [-0.2, -0.15) is 0 Å². The number of fused-ring (bicyclic) bond motifs is 2. The molecule has 2 aromatic carbocycles. The maximum atomic E-state index is 11.5. The molecule has 0 spiro atoms. The van der Waals surface area contributed by atoms with Crippen molar-refractivity contribution >= 4 is 22.7 Å². The van der Waals surface area contributed by atoms with Crippen LogP contribution >= 0.6 is 11.8 Å². The second-order valence-electron chi connectivity index (χ2n) is 8.62. The number of anilines is 1. The van der Waals surface area contributed by atoms with Gasteiger partial charge in [0.1, 0.15) is 11.9 Å². The molecule has 1 saturated heterocycles. The topological polar surface area (TPSA) is 82.0 Å². The Hall–Kier alpha value is -2.06. The van der Waals surface area contributed by atoms with Gasteiger partial charge in [-0.3, -0.25) is 9.69 Å². The van der Waals surface area contributed by atoms with Gasteiger partial charge in [0.05, 0.1) is 11.7 Å². The zero-order valence-electron chi connectivity index (χ0n) is 16.7. The quantitative estimate of drug-likeness (QED) is 0.680. The van der Waals surface area contributed by atoms with Crippen LogP contribution in [0, 0.1) is 5.92 Å². The Morgan fingerprint density at radius 3 is 2.90 bits per heavy atom. The number of thioether (sulfide) groups is 1. The molecule has 6 nitrogen and oxygen atoms in total. The number of hydrogen-bond donors (Lipinski definition) is 3. The van der Waals surface area contributed by atoms with Gasteiger partial charge < -0.3 is 20.3 Å². The molecule has 5 rings (SSSR count). The third-order valence-electron chi connectivity index (χ3n) is 6.45. The number of ether oxygens (including phenoxy) is 1. The predicted molar refractivity (Wildman–Crippen MR) is 117 cm³/mol. The fourth-order valence-corrected chi connectivity index (χ4v) is 5.71. The van der Waals surface area contributed by atoms with E-state index in [1.807, 2.05) is 48.5 Å². The molecular weight excluding hydrogens is 400 g/mol. The van der Waals surface area contributed by atoms with Crippen LogP contribution in [-0.2, 0) is 5.75 Å². The number of aliphatic hydroxyl groups is 2. The van der Waals surface area contributed by atoms with Crippen molar-refractivity contribution in [2.75, 3.05) is 25.0 Å². The number of benzene rings is 2. The lowest BCUT2D eigenvalue weighted by atomic mass is 9.95. The molecule has 2 fully saturated rings. The summed E-state index contributed by atoms with van der Waals surface area (Å²) in [6, 6.07) is 15.5. The molecule has 2 aliphatic heterocycles. The Balaban J connectivity index is 1.19. The molecule has 3 N–H and O–H groups in total. The fourth-order valence-electron chi connectivity index (χ4n) is 5.00. The van der Waals surface area contributed by atoms with Crippen LogP contribution in [0.2, 0.25) is 0 Å². The molecule has 1 amide bonds. The largest absolute Gasteiger partial charge is 0.490 e. The second kappa shape index (κ2) is 7.89. The Kier molecular flexibility index (Phi) is 5.23. The number of aliphatic hydroxyl groups excluding tert-OH is 1. The van der Waals surface area contributed by atoms with Crippen LogP contribution in [0.1, 0.15) is 30.1 Å². The molecule has 7 heteroatoms. The van der Waals surface area contributed by atoms with Gasteiger partial charge in [0.2, 0.25) is 0 Å². The smallest absolute Gasteiger partial charge is 0.283 e. The number of carbonyl (C=O) groups excluding carboxylic acids is 1. The maximum Gasteiger partial charge on any atom is 0.283 e. The number of rotatable bonds is 5. The standard InChI is InChI=1S/C23H26N2O4S/c26-21(15-6-7-20-16(8-15)13-30-22(27)24-20)12-25-11-17-9-19(10-23(17,28)14-25)29-18-4-2-1-3-5-18/h1-8,17,19,21,26,28H,9-14H2,(H,24,27)/t17-,19+,21+,23-/m1/s1. The molecule has 2 heterocycles. The number of carbonyl (C=O) groups is 1. The minimum atomic E-state index is -0.754. The van der Waals surface area contributed by atoms with Crippen molar-refractivity contribution in [3.05, 3.63) is 59.7 Å². The first kappa shape index (κ1) is 19.9. The lowest BCUT2D eigenvalue weighted by Crippen LogP contribution is -2.36. The third kappa shape index (κ3) is 3.95. The minimum Gasteiger partial charge on any atom is -0.490 e. The molecule has 0 aromatic heterocycles. The van der Waals surface area contributed by atoms with E-state index >= 15 is 0 Å². The molecule has 1 saturated carbocycles. The number of nitrogens with zero attached hydrogens (tertiary/aromatic N) is 1. The minimum absolute atomic E-state index is 0.0304. The number of amides is 1. The molecular formula is C23H26N2O4S. The summed E-state index contributed by atoms with van der Waals surface area (Å²) in [5.41, 5.74) is 1.95. The maximum absolute atomic E-state index is 11.5. The lowest BCUT2D eigenvalue weighted by Gasteiger charge is -2.25. The summed E-state index contributed by atoms with van der Waals surface area (Å²) in [5.74, 6) is 1.63. The van der Waals surface area contributed by atoms with Crippen molar-refractivity contribution in [3.63, 3.8) is 0 Å². The summed E-state index contributed by atoms with van der Waals surface area (Å²) in [5, 5.41) is 24.8. The van der Waals surface area contributed by atoms with Crippen LogP contribution in [0.5, 0.6) is 5.75 Å². The van der Waals surface area contributed by atoms with Gasteiger partial charge in [-0.05, 0) is 35.7 Å². The van der Waals surface area contributed by atoms with Crippen LogP contribution < -0.4 is 10.1 Å². The highest BCUT2D eigenvalue weighted by atomic mass is 32.2. The Labute approximate surface area is 180 Å². The number of likely N-dealkylation sites (tertiary alicyclic amines) is 1. The van der Waals surface area contributed by atoms with Crippen molar-refractivity contribution < 1.29 is 19.7 Å². The summed E-state index contributed by atoms with van der Waals surface area (Å²) in [6.07, 6.45) is 0.849. The summed E-state index contributed by atoms with van der Waals surface area (Å²) in [4.78, 5) is 13.6. The molecule has 30 heavy (non-hydrogen) atoms. The third-order valence-corrected chi connectivity index (χ3v) is 7.27. The molecule has 1 aliphatic carbocycles. The van der Waals surface area contributed by atoms with Crippen LogP contribution in [-0.4, -0.2) is 51.7 Å². The number of hydrogen-bond acceptors (Lipinski definition) is 6. The van der Waals surface area contributed by atoms with Gasteiger partial charge in [0.25, 0.3) is 5.24 Å². The van der Waals surface area contributed by atoms with Crippen LogP contribution in [0.3, 0.4) is 0 Å². The van der Waals surface area contributed by atoms with Crippen molar-refractivity contribution in [1.82, 2.24) is 4.90 Å². The molecule has 4 atom stereocenters. The SMILES string of the molecule is O=C1Nc2ccc([C@@H](O)CN3C[C@H]4C[C@H](Oc5ccccc5)C[C@@]4(O)C3)cc2CS1. The average Bonchev–Trinajstić information content (AvgIpc) is 3.18. The highest BCUT2D eigenvalue weighted by Crippen LogP contribution is 2.43. The van der Waals surface area contributed by atoms with E-state index in [1.165, 1.54) is 11.8 Å².